The van der Waals surface area contributed by atoms with Crippen LogP contribution in [0.1, 0.15) is 5.56 Å². The number of benzene rings is 1. The summed E-state index contributed by atoms with van der Waals surface area (Å²) in [7, 11) is 1.46. The molecule has 0 spiro atoms. The third kappa shape index (κ3) is 3.07. The van der Waals surface area contributed by atoms with Gasteiger partial charge in [0.05, 0.1) is 13.5 Å². The normalized spacial score (nSPS) is 10.2. The second kappa shape index (κ2) is 5.48. The maximum atomic E-state index is 12.9. The number of hydrogen-bond acceptors (Lipinski definition) is 3. The average molecular weight is 261 g/mol. The van der Waals surface area contributed by atoms with E-state index in [1.807, 2.05) is 0 Å². The maximum Gasteiger partial charge on any atom is 0.307 e. The predicted molar refractivity (Wildman–Crippen MR) is 67.5 cm³/mol. The number of nitrogens with zero attached hydrogens (tertiary/aromatic N) is 1. The Morgan fingerprint density at radius 3 is 2.63 bits per heavy atom. The molecular formula is C14H12FNO3. The summed E-state index contributed by atoms with van der Waals surface area (Å²) < 4.78 is 17.9. The summed E-state index contributed by atoms with van der Waals surface area (Å²) in [5.41, 5.74) is 1.95. The molecule has 0 fully saturated rings. The molecule has 5 heteroatoms. The molecule has 1 aromatic heterocycles. The number of ether oxygens (including phenoxy) is 1. The third-order valence-corrected chi connectivity index (χ3v) is 2.67. The van der Waals surface area contributed by atoms with E-state index in [-0.39, 0.29) is 12.2 Å². The van der Waals surface area contributed by atoms with Crippen molar-refractivity contribution < 1.29 is 19.0 Å². The fraction of sp³-hybridized carbons (Fsp3) is 0.143. The van der Waals surface area contributed by atoms with Crippen LogP contribution in [0.4, 0.5) is 4.39 Å². The van der Waals surface area contributed by atoms with E-state index in [1.54, 1.807) is 18.2 Å². The van der Waals surface area contributed by atoms with Gasteiger partial charge in [-0.05, 0) is 23.3 Å². The average Bonchev–Trinajstić information content (AvgIpc) is 2.39. The van der Waals surface area contributed by atoms with Gasteiger partial charge in [0.15, 0.2) is 0 Å². The molecule has 1 N–H and O–H groups in total. The largest absolute Gasteiger partial charge is 0.481 e. The minimum absolute atomic E-state index is 0.147. The Morgan fingerprint density at radius 2 is 2.05 bits per heavy atom. The van der Waals surface area contributed by atoms with E-state index in [2.05, 4.69) is 4.98 Å². The number of methoxy groups -OCH3 is 1. The number of aromatic nitrogens is 1. The number of rotatable bonds is 4. The highest BCUT2D eigenvalue weighted by atomic mass is 19.1. The van der Waals surface area contributed by atoms with Gasteiger partial charge in [0.25, 0.3) is 0 Å². The van der Waals surface area contributed by atoms with Gasteiger partial charge in [-0.1, -0.05) is 12.1 Å². The standard InChI is InChI=1S/C14H12FNO3/c1-19-13-6-10(7-14(17)18)12(8-16-13)9-2-4-11(15)5-3-9/h2-6,8H,7H2,1H3,(H,17,18). The van der Waals surface area contributed by atoms with Gasteiger partial charge in [-0.3, -0.25) is 4.79 Å². The van der Waals surface area contributed by atoms with E-state index in [4.69, 9.17) is 9.84 Å². The smallest absolute Gasteiger partial charge is 0.307 e. The summed E-state index contributed by atoms with van der Waals surface area (Å²) in [5.74, 6) is -0.941. The molecular weight excluding hydrogens is 249 g/mol. The first-order valence-corrected chi connectivity index (χ1v) is 5.61. The molecule has 0 aliphatic heterocycles. The number of aliphatic carboxylic acids is 1. The number of carboxylic acid groups (broad SMARTS) is 1. The van der Waals surface area contributed by atoms with E-state index in [9.17, 15) is 9.18 Å². The molecule has 98 valence electrons. The Morgan fingerprint density at radius 1 is 1.37 bits per heavy atom. The van der Waals surface area contributed by atoms with E-state index in [1.165, 1.54) is 25.4 Å². The highest BCUT2D eigenvalue weighted by molar-refractivity contribution is 5.76. The predicted octanol–water partition coefficient (Wildman–Crippen LogP) is 2.52. The van der Waals surface area contributed by atoms with Crippen molar-refractivity contribution >= 4 is 5.97 Å². The first kappa shape index (κ1) is 13.0. The van der Waals surface area contributed by atoms with Crippen LogP contribution >= 0.6 is 0 Å². The van der Waals surface area contributed by atoms with Crippen LogP contribution in [0.5, 0.6) is 5.88 Å². The van der Waals surface area contributed by atoms with Crippen LogP contribution < -0.4 is 4.74 Å². The van der Waals surface area contributed by atoms with Crippen LogP contribution in [-0.4, -0.2) is 23.2 Å². The summed E-state index contributed by atoms with van der Waals surface area (Å²) in [4.78, 5) is 14.9. The fourth-order valence-electron chi connectivity index (χ4n) is 1.79. The highest BCUT2D eigenvalue weighted by Crippen LogP contribution is 2.26. The van der Waals surface area contributed by atoms with Crippen molar-refractivity contribution in [3.63, 3.8) is 0 Å². The molecule has 2 rings (SSSR count). The fourth-order valence-corrected chi connectivity index (χ4v) is 1.79. The Hall–Kier alpha value is -2.43. The van der Waals surface area contributed by atoms with Crippen molar-refractivity contribution in [2.75, 3.05) is 7.11 Å². The quantitative estimate of drug-likeness (QED) is 0.918. The minimum Gasteiger partial charge on any atom is -0.481 e. The lowest BCUT2D eigenvalue weighted by atomic mass is 10.00. The molecule has 4 nitrogen and oxygen atoms in total. The molecule has 0 amide bonds. The summed E-state index contributed by atoms with van der Waals surface area (Å²) in [6, 6.07) is 7.40. The summed E-state index contributed by atoms with van der Waals surface area (Å²) in [5, 5.41) is 8.92. The molecule has 19 heavy (non-hydrogen) atoms. The van der Waals surface area contributed by atoms with Crippen LogP contribution in [0.2, 0.25) is 0 Å². The third-order valence-electron chi connectivity index (χ3n) is 2.67. The minimum atomic E-state index is -0.948. The van der Waals surface area contributed by atoms with Gasteiger partial charge in [0.1, 0.15) is 5.82 Å². The second-order valence-corrected chi connectivity index (χ2v) is 3.96. The van der Waals surface area contributed by atoms with E-state index in [0.29, 0.717) is 22.6 Å². The van der Waals surface area contributed by atoms with Crippen molar-refractivity contribution in [3.8, 4) is 17.0 Å². The zero-order chi connectivity index (χ0) is 13.8. The molecule has 1 aromatic carbocycles. The number of pyridine rings is 1. The highest BCUT2D eigenvalue weighted by Gasteiger charge is 2.11. The van der Waals surface area contributed by atoms with Crippen LogP contribution in [0.15, 0.2) is 36.5 Å². The van der Waals surface area contributed by atoms with Gasteiger partial charge in [0.2, 0.25) is 5.88 Å². The molecule has 0 bridgehead atoms. The number of carbonyl (C=O) groups is 1. The second-order valence-electron chi connectivity index (χ2n) is 3.96. The topological polar surface area (TPSA) is 59.4 Å². The van der Waals surface area contributed by atoms with Crippen molar-refractivity contribution in [1.29, 1.82) is 0 Å². The number of halogens is 1. The first-order valence-electron chi connectivity index (χ1n) is 5.61. The molecule has 0 aliphatic carbocycles. The molecule has 0 radical (unpaired) electrons. The number of hydrogen-bond donors (Lipinski definition) is 1. The lowest BCUT2D eigenvalue weighted by Gasteiger charge is -2.09. The van der Waals surface area contributed by atoms with Crippen molar-refractivity contribution in [3.05, 3.63) is 47.9 Å². The van der Waals surface area contributed by atoms with Gasteiger partial charge >= 0.3 is 5.97 Å². The lowest BCUT2D eigenvalue weighted by molar-refractivity contribution is -0.136. The Labute approximate surface area is 109 Å². The molecule has 0 saturated carbocycles. The van der Waals surface area contributed by atoms with Crippen LogP contribution in [0, 0.1) is 5.82 Å². The van der Waals surface area contributed by atoms with Crippen LogP contribution in [0.3, 0.4) is 0 Å². The Balaban J connectivity index is 2.48. The van der Waals surface area contributed by atoms with Gasteiger partial charge in [0, 0.05) is 17.8 Å². The van der Waals surface area contributed by atoms with Gasteiger partial charge < -0.3 is 9.84 Å². The maximum absolute atomic E-state index is 12.9. The van der Waals surface area contributed by atoms with E-state index >= 15 is 0 Å². The zero-order valence-corrected chi connectivity index (χ0v) is 10.3. The van der Waals surface area contributed by atoms with E-state index in [0.717, 1.165) is 0 Å². The Bertz CT molecular complexity index is 596. The molecule has 0 unspecified atom stereocenters. The SMILES string of the molecule is COc1cc(CC(=O)O)c(-c2ccc(F)cc2)cn1. The molecule has 1 heterocycles. The number of carboxylic acids is 1. The monoisotopic (exact) mass is 261 g/mol. The van der Waals surface area contributed by atoms with Gasteiger partial charge in [-0.15, -0.1) is 0 Å². The van der Waals surface area contributed by atoms with Crippen molar-refractivity contribution in [2.45, 2.75) is 6.42 Å². The first-order chi connectivity index (χ1) is 9.10. The lowest BCUT2D eigenvalue weighted by Crippen LogP contribution is -2.03. The van der Waals surface area contributed by atoms with Crippen molar-refractivity contribution in [1.82, 2.24) is 4.98 Å². The zero-order valence-electron chi connectivity index (χ0n) is 10.3. The van der Waals surface area contributed by atoms with Crippen molar-refractivity contribution in [2.24, 2.45) is 0 Å². The molecule has 0 saturated heterocycles. The van der Waals surface area contributed by atoms with E-state index < -0.39 is 5.97 Å². The Kier molecular flexibility index (Phi) is 3.75. The summed E-state index contributed by atoms with van der Waals surface area (Å²) >= 11 is 0. The summed E-state index contributed by atoms with van der Waals surface area (Å²) in [6.07, 6.45) is 1.38. The summed E-state index contributed by atoms with van der Waals surface area (Å²) in [6.45, 7) is 0. The van der Waals surface area contributed by atoms with Gasteiger partial charge in [-0.2, -0.15) is 0 Å². The van der Waals surface area contributed by atoms with Crippen LogP contribution in [0.25, 0.3) is 11.1 Å². The molecule has 0 aliphatic rings. The molecule has 2 aromatic rings. The molecule has 0 atom stereocenters. The van der Waals surface area contributed by atoms with Gasteiger partial charge in [-0.25, -0.2) is 9.37 Å². The van der Waals surface area contributed by atoms with Crippen LogP contribution in [-0.2, 0) is 11.2 Å².